The summed E-state index contributed by atoms with van der Waals surface area (Å²) in [6.07, 6.45) is 1.28. The zero-order valence-electron chi connectivity index (χ0n) is 15.0. The van der Waals surface area contributed by atoms with E-state index in [1.54, 1.807) is 24.3 Å². The second-order valence-electron chi connectivity index (χ2n) is 6.39. The maximum atomic E-state index is 12.0. The summed E-state index contributed by atoms with van der Waals surface area (Å²) in [5, 5.41) is 2.81. The lowest BCUT2D eigenvalue weighted by atomic mass is 10.2. The summed E-state index contributed by atoms with van der Waals surface area (Å²) < 4.78 is 5.71. The molecule has 0 unspecified atom stereocenters. The molecule has 1 aliphatic heterocycles. The highest BCUT2D eigenvalue weighted by molar-refractivity contribution is 6.02. The van der Waals surface area contributed by atoms with E-state index in [0.717, 1.165) is 11.3 Å². The van der Waals surface area contributed by atoms with Gasteiger partial charge in [-0.15, -0.1) is 0 Å². The highest BCUT2D eigenvalue weighted by Gasteiger charge is 2.28. The summed E-state index contributed by atoms with van der Waals surface area (Å²) in [6, 6.07) is 17.1. The smallest absolute Gasteiger partial charge is 0.229 e. The van der Waals surface area contributed by atoms with Gasteiger partial charge in [0.05, 0.1) is 0 Å². The molecule has 1 N–H and O–H groups in total. The second kappa shape index (κ2) is 8.98. The number of anilines is 1. The maximum absolute atomic E-state index is 12.0. The molecule has 1 heterocycles. The third-order valence-corrected chi connectivity index (χ3v) is 4.33. The summed E-state index contributed by atoms with van der Waals surface area (Å²) in [7, 11) is 0. The van der Waals surface area contributed by atoms with E-state index in [0.29, 0.717) is 25.3 Å². The Morgan fingerprint density at radius 1 is 0.963 bits per heavy atom. The van der Waals surface area contributed by atoms with E-state index in [1.165, 1.54) is 4.90 Å². The van der Waals surface area contributed by atoms with Gasteiger partial charge in [0.1, 0.15) is 12.4 Å². The van der Waals surface area contributed by atoms with Crippen LogP contribution in [0.25, 0.3) is 0 Å². The molecule has 6 heteroatoms. The number of amides is 3. The minimum atomic E-state index is -0.147. The van der Waals surface area contributed by atoms with Crippen molar-refractivity contribution in [3.05, 3.63) is 60.2 Å². The summed E-state index contributed by atoms with van der Waals surface area (Å²) in [4.78, 5) is 36.3. The van der Waals surface area contributed by atoms with E-state index < -0.39 is 0 Å². The number of likely N-dealkylation sites (tertiary alicyclic amines) is 1. The van der Waals surface area contributed by atoms with Crippen LogP contribution in [0.2, 0.25) is 0 Å². The van der Waals surface area contributed by atoms with Gasteiger partial charge in [0.15, 0.2) is 0 Å². The molecule has 140 valence electrons. The zero-order chi connectivity index (χ0) is 19.1. The Labute approximate surface area is 158 Å². The topological polar surface area (TPSA) is 75.7 Å². The molecule has 0 saturated carbocycles. The van der Waals surface area contributed by atoms with Gasteiger partial charge >= 0.3 is 0 Å². The van der Waals surface area contributed by atoms with Crippen molar-refractivity contribution in [3.8, 4) is 5.75 Å². The van der Waals surface area contributed by atoms with Gasteiger partial charge in [-0.2, -0.15) is 0 Å². The van der Waals surface area contributed by atoms with Gasteiger partial charge in [-0.25, -0.2) is 0 Å². The molecule has 3 amide bonds. The molecule has 0 bridgehead atoms. The molecule has 1 fully saturated rings. The van der Waals surface area contributed by atoms with Crippen molar-refractivity contribution in [2.45, 2.75) is 32.3 Å². The molecular formula is C21H22N2O4. The first-order chi connectivity index (χ1) is 13.1. The Morgan fingerprint density at radius 3 is 2.30 bits per heavy atom. The van der Waals surface area contributed by atoms with Crippen LogP contribution in [0.3, 0.4) is 0 Å². The van der Waals surface area contributed by atoms with Crippen LogP contribution in [-0.4, -0.2) is 29.2 Å². The first-order valence-electron chi connectivity index (χ1n) is 9.01. The number of hydrogen-bond donors (Lipinski definition) is 1. The third kappa shape index (κ3) is 5.41. The summed E-state index contributed by atoms with van der Waals surface area (Å²) >= 11 is 0. The van der Waals surface area contributed by atoms with Crippen LogP contribution in [0.5, 0.6) is 5.75 Å². The monoisotopic (exact) mass is 366 g/mol. The standard InChI is InChI=1S/C21H22N2O4/c24-19(7-4-14-23-20(25)12-13-21(23)26)22-17-8-10-18(11-9-17)27-15-16-5-2-1-3-6-16/h1-3,5-6,8-11H,4,7,12-15H2,(H,22,24). The quantitative estimate of drug-likeness (QED) is 0.728. The second-order valence-corrected chi connectivity index (χ2v) is 6.39. The van der Waals surface area contributed by atoms with Gasteiger partial charge in [-0.05, 0) is 36.2 Å². The van der Waals surface area contributed by atoms with Crippen molar-refractivity contribution < 1.29 is 19.1 Å². The molecule has 0 aromatic heterocycles. The molecular weight excluding hydrogens is 344 g/mol. The molecule has 0 spiro atoms. The SMILES string of the molecule is O=C(CCCN1C(=O)CCC1=O)Nc1ccc(OCc2ccccc2)cc1. The van der Waals surface area contributed by atoms with Gasteiger partial charge in [0.2, 0.25) is 17.7 Å². The van der Waals surface area contributed by atoms with Crippen LogP contribution in [0.15, 0.2) is 54.6 Å². The van der Waals surface area contributed by atoms with Crippen molar-refractivity contribution in [2.24, 2.45) is 0 Å². The Hall–Kier alpha value is -3.15. The molecule has 2 aromatic rings. The Balaban J connectivity index is 1.40. The number of rotatable bonds is 8. The first-order valence-corrected chi connectivity index (χ1v) is 9.01. The van der Waals surface area contributed by atoms with Crippen molar-refractivity contribution >= 4 is 23.4 Å². The summed E-state index contributed by atoms with van der Waals surface area (Å²) in [6.45, 7) is 0.790. The normalized spacial score (nSPS) is 13.7. The van der Waals surface area contributed by atoms with Gasteiger partial charge in [-0.1, -0.05) is 30.3 Å². The average Bonchev–Trinajstić information content (AvgIpc) is 3.00. The van der Waals surface area contributed by atoms with E-state index in [4.69, 9.17) is 4.74 Å². The average molecular weight is 366 g/mol. The van der Waals surface area contributed by atoms with Crippen LogP contribution < -0.4 is 10.1 Å². The van der Waals surface area contributed by atoms with Gasteiger partial charge in [0.25, 0.3) is 0 Å². The number of carbonyl (C=O) groups excluding carboxylic acids is 3. The lowest BCUT2D eigenvalue weighted by molar-refractivity contribution is -0.138. The highest BCUT2D eigenvalue weighted by atomic mass is 16.5. The lowest BCUT2D eigenvalue weighted by Gasteiger charge is -2.13. The number of nitrogens with zero attached hydrogens (tertiary/aromatic N) is 1. The molecule has 27 heavy (non-hydrogen) atoms. The van der Waals surface area contributed by atoms with Gasteiger partial charge < -0.3 is 10.1 Å². The summed E-state index contributed by atoms with van der Waals surface area (Å²) in [5.74, 6) is 0.285. The van der Waals surface area contributed by atoms with Crippen LogP contribution in [0.4, 0.5) is 5.69 Å². The highest BCUT2D eigenvalue weighted by Crippen LogP contribution is 2.18. The lowest BCUT2D eigenvalue weighted by Crippen LogP contribution is -2.30. The van der Waals surface area contributed by atoms with E-state index in [1.807, 2.05) is 30.3 Å². The van der Waals surface area contributed by atoms with Crippen LogP contribution >= 0.6 is 0 Å². The Morgan fingerprint density at radius 2 is 1.63 bits per heavy atom. The molecule has 2 aromatic carbocycles. The van der Waals surface area contributed by atoms with Crippen LogP contribution in [0.1, 0.15) is 31.2 Å². The van der Waals surface area contributed by atoms with E-state index in [-0.39, 0.29) is 37.0 Å². The van der Waals surface area contributed by atoms with E-state index in [9.17, 15) is 14.4 Å². The van der Waals surface area contributed by atoms with Crippen molar-refractivity contribution in [1.29, 1.82) is 0 Å². The van der Waals surface area contributed by atoms with Crippen molar-refractivity contribution in [3.63, 3.8) is 0 Å². The van der Waals surface area contributed by atoms with Crippen molar-refractivity contribution in [2.75, 3.05) is 11.9 Å². The Kier molecular flexibility index (Phi) is 6.20. The molecule has 1 saturated heterocycles. The molecule has 1 aliphatic rings. The van der Waals surface area contributed by atoms with Crippen LogP contribution in [0, 0.1) is 0 Å². The number of hydrogen-bond acceptors (Lipinski definition) is 4. The predicted octanol–water partition coefficient (Wildman–Crippen LogP) is 3.13. The number of ether oxygens (including phenoxy) is 1. The zero-order valence-corrected chi connectivity index (χ0v) is 15.0. The minimum Gasteiger partial charge on any atom is -0.489 e. The predicted molar refractivity (Wildman–Crippen MR) is 101 cm³/mol. The number of carbonyl (C=O) groups is 3. The number of nitrogens with one attached hydrogen (secondary N) is 1. The van der Waals surface area contributed by atoms with Gasteiger partial charge in [-0.3, -0.25) is 19.3 Å². The van der Waals surface area contributed by atoms with Gasteiger partial charge in [0, 0.05) is 31.5 Å². The first kappa shape index (κ1) is 18.6. The largest absolute Gasteiger partial charge is 0.489 e. The molecule has 0 atom stereocenters. The molecule has 0 radical (unpaired) electrons. The van der Waals surface area contributed by atoms with E-state index >= 15 is 0 Å². The number of imide groups is 1. The molecule has 6 nitrogen and oxygen atoms in total. The fraction of sp³-hybridized carbons (Fsp3) is 0.286. The maximum Gasteiger partial charge on any atom is 0.229 e. The van der Waals surface area contributed by atoms with Crippen LogP contribution in [-0.2, 0) is 21.0 Å². The van der Waals surface area contributed by atoms with Crippen molar-refractivity contribution in [1.82, 2.24) is 4.90 Å². The molecule has 3 rings (SSSR count). The molecule has 0 aliphatic carbocycles. The number of benzene rings is 2. The summed E-state index contributed by atoms with van der Waals surface area (Å²) in [5.41, 5.74) is 1.77. The fourth-order valence-electron chi connectivity index (χ4n) is 2.87. The Bertz CT molecular complexity index is 787. The fourth-order valence-corrected chi connectivity index (χ4v) is 2.87. The van der Waals surface area contributed by atoms with E-state index in [2.05, 4.69) is 5.32 Å². The minimum absolute atomic E-state index is 0.146. The third-order valence-electron chi connectivity index (χ3n) is 4.33.